The molecular formula is C28H27N3O4. The molecule has 1 heterocycles. The Hall–Kier alpha value is -4.13. The van der Waals surface area contributed by atoms with Gasteiger partial charge < -0.3 is 15.4 Å². The number of nitrogens with one attached hydrogen (secondary N) is 2. The second kappa shape index (κ2) is 8.58. The van der Waals surface area contributed by atoms with Crippen LogP contribution < -0.4 is 15.4 Å². The largest absolute Gasteiger partial charge is 0.457 e. The number of Topliss-reactive ketones (excluding diaryl/α,β-unsaturated/α-hetero) is 1. The molecule has 178 valence electrons. The van der Waals surface area contributed by atoms with E-state index in [2.05, 4.69) is 24.5 Å². The van der Waals surface area contributed by atoms with Crippen molar-refractivity contribution in [1.82, 2.24) is 0 Å². The maximum Gasteiger partial charge on any atom is 0.270 e. The molecule has 0 aromatic heterocycles. The summed E-state index contributed by atoms with van der Waals surface area (Å²) in [6.45, 7) is 6.13. The van der Waals surface area contributed by atoms with Gasteiger partial charge in [-0.2, -0.15) is 0 Å². The Balaban J connectivity index is 1.70. The first-order chi connectivity index (χ1) is 16.7. The lowest BCUT2D eigenvalue weighted by Crippen LogP contribution is -2.31. The highest BCUT2D eigenvalue weighted by Crippen LogP contribution is 2.47. The number of carbonyl (C=O) groups is 1. The van der Waals surface area contributed by atoms with Crippen LogP contribution in [0.1, 0.15) is 43.9 Å². The summed E-state index contributed by atoms with van der Waals surface area (Å²) in [5.41, 5.74) is 4.42. The van der Waals surface area contributed by atoms with Crippen molar-refractivity contribution in [3.8, 4) is 11.5 Å². The highest BCUT2D eigenvalue weighted by Gasteiger charge is 2.40. The van der Waals surface area contributed by atoms with E-state index < -0.39 is 11.0 Å². The molecule has 0 saturated heterocycles. The number of ether oxygens (including phenoxy) is 1. The number of hydrogen-bond acceptors (Lipinski definition) is 6. The number of rotatable bonds is 4. The van der Waals surface area contributed by atoms with Crippen LogP contribution in [0.15, 0.2) is 78.0 Å². The van der Waals surface area contributed by atoms with Gasteiger partial charge in [-0.1, -0.05) is 38.1 Å². The highest BCUT2D eigenvalue weighted by molar-refractivity contribution is 6.01. The molecule has 7 nitrogen and oxygen atoms in total. The van der Waals surface area contributed by atoms with Crippen LogP contribution in [0.5, 0.6) is 11.5 Å². The molecule has 5 rings (SSSR count). The van der Waals surface area contributed by atoms with Crippen LogP contribution in [-0.2, 0) is 4.79 Å². The van der Waals surface area contributed by atoms with Crippen molar-refractivity contribution in [3.63, 3.8) is 0 Å². The molecule has 0 bridgehead atoms. The molecule has 3 aromatic carbocycles. The fourth-order valence-electron chi connectivity index (χ4n) is 4.90. The number of nitrogens with zero attached hydrogens (tertiary/aromatic N) is 1. The van der Waals surface area contributed by atoms with Gasteiger partial charge in [0.1, 0.15) is 11.5 Å². The van der Waals surface area contributed by atoms with E-state index in [0.29, 0.717) is 35.5 Å². The number of allylic oxidation sites excluding steroid dienone is 1. The molecule has 1 aliphatic carbocycles. The molecule has 0 spiro atoms. The molecule has 3 aromatic rings. The maximum absolute atomic E-state index is 13.6. The quantitative estimate of drug-likeness (QED) is 0.318. The van der Waals surface area contributed by atoms with E-state index in [0.717, 1.165) is 22.6 Å². The van der Waals surface area contributed by atoms with Gasteiger partial charge in [0, 0.05) is 35.4 Å². The van der Waals surface area contributed by atoms with Crippen molar-refractivity contribution >= 4 is 22.8 Å². The third-order valence-corrected chi connectivity index (χ3v) is 6.45. The lowest BCUT2D eigenvalue weighted by Gasteiger charge is -2.34. The molecule has 35 heavy (non-hydrogen) atoms. The first-order valence-electron chi connectivity index (χ1n) is 11.6. The Morgan fingerprint density at radius 2 is 1.77 bits per heavy atom. The lowest BCUT2D eigenvalue weighted by atomic mass is 9.73. The standard InChI is InChI=1S/C28H27N3O4/c1-17-7-6-8-19(13-17)35-25-12-11-18(31(33)34)14-20(25)27-26-23(15-28(2,3)16-24(26)32)29-21-9-4-5-10-22(21)30-27/h4-14,27,29-30H,15-16H2,1-3H3/t27-/m1/s1. The monoisotopic (exact) mass is 469 g/mol. The molecule has 2 aliphatic rings. The van der Waals surface area contributed by atoms with Gasteiger partial charge in [0.25, 0.3) is 5.69 Å². The SMILES string of the molecule is Cc1cccc(Oc2ccc([N+](=O)[O-])cc2[C@H]2Nc3ccccc3NC3=C2C(=O)CC(C)(C)C3)c1. The third-order valence-electron chi connectivity index (χ3n) is 6.45. The fraction of sp³-hybridized carbons (Fsp3) is 0.250. The molecule has 0 saturated carbocycles. The molecule has 0 amide bonds. The van der Waals surface area contributed by atoms with Gasteiger partial charge >= 0.3 is 0 Å². The van der Waals surface area contributed by atoms with Crippen LogP contribution >= 0.6 is 0 Å². The molecule has 1 aliphatic heterocycles. The van der Waals surface area contributed by atoms with Crippen LogP contribution in [0.2, 0.25) is 0 Å². The number of anilines is 2. The van der Waals surface area contributed by atoms with Gasteiger partial charge in [0.15, 0.2) is 5.78 Å². The number of non-ortho nitro benzene ring substituents is 1. The number of nitro groups is 1. The summed E-state index contributed by atoms with van der Waals surface area (Å²) in [4.78, 5) is 24.8. The Bertz CT molecular complexity index is 1380. The number of aryl methyl sites for hydroxylation is 1. The number of carbonyl (C=O) groups excluding carboxylic acids is 1. The van der Waals surface area contributed by atoms with Crippen LogP contribution in [-0.4, -0.2) is 10.7 Å². The zero-order valence-corrected chi connectivity index (χ0v) is 19.9. The summed E-state index contributed by atoms with van der Waals surface area (Å²) >= 11 is 0. The minimum Gasteiger partial charge on any atom is -0.457 e. The van der Waals surface area contributed by atoms with Gasteiger partial charge in [-0.05, 0) is 54.7 Å². The summed E-state index contributed by atoms with van der Waals surface area (Å²) in [6, 6.07) is 19.3. The molecule has 0 radical (unpaired) electrons. The van der Waals surface area contributed by atoms with Gasteiger partial charge in [-0.25, -0.2) is 0 Å². The normalized spacial score (nSPS) is 18.5. The van der Waals surface area contributed by atoms with Crippen molar-refractivity contribution in [3.05, 3.63) is 99.2 Å². The van der Waals surface area contributed by atoms with E-state index in [-0.39, 0.29) is 16.9 Å². The number of hydrogen-bond donors (Lipinski definition) is 2. The Morgan fingerprint density at radius 1 is 1.00 bits per heavy atom. The van der Waals surface area contributed by atoms with Crippen molar-refractivity contribution in [2.24, 2.45) is 5.41 Å². The zero-order valence-electron chi connectivity index (χ0n) is 19.9. The third kappa shape index (κ3) is 4.49. The van der Waals surface area contributed by atoms with Crippen LogP contribution in [0.4, 0.5) is 17.1 Å². The molecule has 7 heteroatoms. The minimum absolute atomic E-state index is 0.0158. The van der Waals surface area contributed by atoms with Crippen LogP contribution in [0.3, 0.4) is 0 Å². The molecule has 0 unspecified atom stereocenters. The molecule has 0 fully saturated rings. The average Bonchev–Trinajstić information content (AvgIpc) is 2.95. The number of ketones is 1. The highest BCUT2D eigenvalue weighted by atomic mass is 16.6. The first-order valence-corrected chi connectivity index (χ1v) is 11.6. The smallest absolute Gasteiger partial charge is 0.270 e. The van der Waals surface area contributed by atoms with Crippen molar-refractivity contribution in [2.45, 2.75) is 39.7 Å². The summed E-state index contributed by atoms with van der Waals surface area (Å²) in [7, 11) is 0. The van der Waals surface area contributed by atoms with Crippen molar-refractivity contribution in [1.29, 1.82) is 0 Å². The van der Waals surface area contributed by atoms with E-state index in [1.807, 2.05) is 55.5 Å². The first kappa shape index (κ1) is 22.7. The maximum atomic E-state index is 13.6. The van der Waals surface area contributed by atoms with Crippen LogP contribution in [0, 0.1) is 22.5 Å². The average molecular weight is 470 g/mol. The Kier molecular flexibility index (Phi) is 5.55. The Morgan fingerprint density at radius 3 is 2.51 bits per heavy atom. The topological polar surface area (TPSA) is 93.5 Å². The van der Waals surface area contributed by atoms with E-state index in [4.69, 9.17) is 4.74 Å². The number of benzene rings is 3. The Labute approximate surface area is 204 Å². The number of fused-ring (bicyclic) bond motifs is 1. The second-order valence-corrected chi connectivity index (χ2v) is 9.98. The van der Waals surface area contributed by atoms with Gasteiger partial charge in [0.05, 0.1) is 22.3 Å². The van der Waals surface area contributed by atoms with Crippen LogP contribution in [0.25, 0.3) is 0 Å². The van der Waals surface area contributed by atoms with E-state index >= 15 is 0 Å². The summed E-state index contributed by atoms with van der Waals surface area (Å²) in [5, 5.41) is 18.7. The predicted octanol–water partition coefficient (Wildman–Crippen LogP) is 6.92. The number of para-hydroxylation sites is 2. The van der Waals surface area contributed by atoms with E-state index in [1.54, 1.807) is 6.07 Å². The summed E-state index contributed by atoms with van der Waals surface area (Å²) in [6.07, 6.45) is 1.08. The predicted molar refractivity (Wildman–Crippen MR) is 136 cm³/mol. The van der Waals surface area contributed by atoms with E-state index in [1.165, 1.54) is 12.1 Å². The van der Waals surface area contributed by atoms with Gasteiger partial charge in [-0.3, -0.25) is 14.9 Å². The van der Waals surface area contributed by atoms with E-state index in [9.17, 15) is 14.9 Å². The second-order valence-electron chi connectivity index (χ2n) is 9.98. The van der Waals surface area contributed by atoms with Gasteiger partial charge in [-0.15, -0.1) is 0 Å². The summed E-state index contributed by atoms with van der Waals surface area (Å²) in [5.74, 6) is 1.10. The molecule has 1 atom stereocenters. The van der Waals surface area contributed by atoms with Gasteiger partial charge in [0.2, 0.25) is 0 Å². The minimum atomic E-state index is -0.621. The summed E-state index contributed by atoms with van der Waals surface area (Å²) < 4.78 is 6.25. The molecular weight excluding hydrogens is 442 g/mol. The molecule has 2 N–H and O–H groups in total. The lowest BCUT2D eigenvalue weighted by molar-refractivity contribution is -0.384. The fourth-order valence-corrected chi connectivity index (χ4v) is 4.90. The van der Waals surface area contributed by atoms with Crippen molar-refractivity contribution < 1.29 is 14.5 Å². The number of nitro benzene ring substituents is 1. The van der Waals surface area contributed by atoms with Crippen molar-refractivity contribution in [2.75, 3.05) is 10.6 Å². The zero-order chi connectivity index (χ0) is 24.7.